The summed E-state index contributed by atoms with van der Waals surface area (Å²) in [4.78, 5) is 24.0. The van der Waals surface area contributed by atoms with Crippen LogP contribution in [0.5, 0.6) is 5.75 Å². The molecule has 0 aromatic heterocycles. The molecule has 0 heterocycles. The molecule has 0 spiro atoms. The number of carbonyl (C=O) groups excluding carboxylic acids is 2. The predicted octanol–water partition coefficient (Wildman–Crippen LogP) is 1.63. The third-order valence-electron chi connectivity index (χ3n) is 2.38. The normalized spacial score (nSPS) is 9.82. The van der Waals surface area contributed by atoms with Gasteiger partial charge in [-0.2, -0.15) is 0 Å². The quantitative estimate of drug-likeness (QED) is 0.729. The maximum absolute atomic E-state index is 11.6. The number of nitrogens with zero attached hydrogens (tertiary/aromatic N) is 1. The largest absolute Gasteiger partial charge is 0.497 e. The second-order valence-electron chi connectivity index (χ2n) is 3.98. The summed E-state index contributed by atoms with van der Waals surface area (Å²) in [6, 6.07) is 7.51. The monoisotopic (exact) mass is 235 g/mol. The second-order valence-corrected chi connectivity index (χ2v) is 3.98. The van der Waals surface area contributed by atoms with Crippen LogP contribution in [0.4, 0.5) is 0 Å². The summed E-state index contributed by atoms with van der Waals surface area (Å²) in [7, 11) is 3.29. The van der Waals surface area contributed by atoms with Crippen molar-refractivity contribution >= 4 is 11.7 Å². The van der Waals surface area contributed by atoms with Gasteiger partial charge in [-0.1, -0.05) is 12.1 Å². The molecule has 92 valence electrons. The van der Waals surface area contributed by atoms with Crippen molar-refractivity contribution in [2.75, 3.05) is 14.2 Å². The lowest BCUT2D eigenvalue weighted by molar-refractivity contribution is -0.134. The van der Waals surface area contributed by atoms with Gasteiger partial charge in [-0.05, 0) is 24.6 Å². The van der Waals surface area contributed by atoms with Gasteiger partial charge in [0, 0.05) is 13.6 Å². The maximum atomic E-state index is 11.6. The Morgan fingerprint density at radius 3 is 2.65 bits per heavy atom. The average Bonchev–Trinajstić information content (AvgIpc) is 2.28. The molecular weight excluding hydrogens is 218 g/mol. The Morgan fingerprint density at radius 2 is 2.06 bits per heavy atom. The molecule has 1 rings (SSSR count). The van der Waals surface area contributed by atoms with E-state index in [2.05, 4.69) is 0 Å². The molecule has 17 heavy (non-hydrogen) atoms. The Morgan fingerprint density at radius 1 is 1.35 bits per heavy atom. The van der Waals surface area contributed by atoms with E-state index in [0.717, 1.165) is 11.3 Å². The van der Waals surface area contributed by atoms with E-state index >= 15 is 0 Å². The summed E-state index contributed by atoms with van der Waals surface area (Å²) in [6.45, 7) is 1.89. The Labute approximate surface area is 101 Å². The molecule has 0 aliphatic rings. The SMILES string of the molecule is COc1cccc(CN(C)C(=O)CC(C)=O)c1. The summed E-state index contributed by atoms with van der Waals surface area (Å²) in [5.41, 5.74) is 0.976. The predicted molar refractivity (Wildman–Crippen MR) is 64.8 cm³/mol. The topological polar surface area (TPSA) is 46.6 Å². The zero-order valence-electron chi connectivity index (χ0n) is 10.4. The first-order valence-corrected chi connectivity index (χ1v) is 5.39. The Bertz CT molecular complexity index is 415. The average molecular weight is 235 g/mol. The second kappa shape index (κ2) is 6.03. The number of hydrogen-bond acceptors (Lipinski definition) is 3. The molecule has 0 radical (unpaired) electrons. The van der Waals surface area contributed by atoms with Crippen LogP contribution in [0.1, 0.15) is 18.9 Å². The van der Waals surface area contributed by atoms with Crippen molar-refractivity contribution in [3.8, 4) is 5.75 Å². The van der Waals surface area contributed by atoms with Crippen molar-refractivity contribution in [2.45, 2.75) is 19.9 Å². The van der Waals surface area contributed by atoms with Gasteiger partial charge >= 0.3 is 0 Å². The van der Waals surface area contributed by atoms with Crippen molar-refractivity contribution in [3.05, 3.63) is 29.8 Å². The zero-order chi connectivity index (χ0) is 12.8. The summed E-state index contributed by atoms with van der Waals surface area (Å²) < 4.78 is 5.10. The lowest BCUT2D eigenvalue weighted by atomic mass is 10.2. The van der Waals surface area contributed by atoms with E-state index in [1.54, 1.807) is 14.2 Å². The fraction of sp³-hybridized carbons (Fsp3) is 0.385. The van der Waals surface area contributed by atoms with Crippen LogP contribution >= 0.6 is 0 Å². The van der Waals surface area contributed by atoms with Crippen LogP contribution in [-0.2, 0) is 16.1 Å². The molecule has 4 nitrogen and oxygen atoms in total. The van der Waals surface area contributed by atoms with Gasteiger partial charge in [0.1, 0.15) is 11.5 Å². The smallest absolute Gasteiger partial charge is 0.230 e. The van der Waals surface area contributed by atoms with E-state index < -0.39 is 0 Å². The standard InChI is InChI=1S/C13H17NO3/c1-10(15)7-13(16)14(2)9-11-5-4-6-12(8-11)17-3/h4-6,8H,7,9H2,1-3H3. The Hall–Kier alpha value is -1.84. The first kappa shape index (κ1) is 13.2. The van der Waals surface area contributed by atoms with Gasteiger partial charge in [0.05, 0.1) is 13.5 Å². The molecular formula is C13H17NO3. The summed E-state index contributed by atoms with van der Waals surface area (Å²) in [5, 5.41) is 0. The highest BCUT2D eigenvalue weighted by atomic mass is 16.5. The van der Waals surface area contributed by atoms with Gasteiger partial charge < -0.3 is 9.64 Å². The molecule has 1 aromatic carbocycles. The number of amides is 1. The molecule has 0 saturated carbocycles. The molecule has 0 aliphatic heterocycles. The number of methoxy groups -OCH3 is 1. The zero-order valence-corrected chi connectivity index (χ0v) is 10.4. The van der Waals surface area contributed by atoms with Gasteiger partial charge in [0.15, 0.2) is 0 Å². The van der Waals surface area contributed by atoms with E-state index in [1.165, 1.54) is 11.8 Å². The Balaban J connectivity index is 2.63. The molecule has 0 saturated heterocycles. The molecule has 0 fully saturated rings. The number of rotatable bonds is 5. The van der Waals surface area contributed by atoms with Crippen LogP contribution in [0, 0.1) is 0 Å². The fourth-order valence-electron chi connectivity index (χ4n) is 1.48. The fourth-order valence-corrected chi connectivity index (χ4v) is 1.48. The molecule has 1 aromatic rings. The van der Waals surface area contributed by atoms with Gasteiger partial charge in [-0.3, -0.25) is 9.59 Å². The molecule has 1 amide bonds. The lowest BCUT2D eigenvalue weighted by Crippen LogP contribution is -2.27. The van der Waals surface area contributed by atoms with E-state index in [1.807, 2.05) is 24.3 Å². The molecule has 0 atom stereocenters. The number of hydrogen-bond donors (Lipinski definition) is 0. The summed E-state index contributed by atoms with van der Waals surface area (Å²) in [5.74, 6) is 0.475. The number of carbonyl (C=O) groups is 2. The highest BCUT2D eigenvalue weighted by molar-refractivity contribution is 5.96. The van der Waals surface area contributed by atoms with E-state index in [-0.39, 0.29) is 18.1 Å². The van der Waals surface area contributed by atoms with Crippen LogP contribution in [0.25, 0.3) is 0 Å². The minimum atomic E-state index is -0.166. The van der Waals surface area contributed by atoms with Crippen molar-refractivity contribution in [3.63, 3.8) is 0 Å². The highest BCUT2D eigenvalue weighted by Gasteiger charge is 2.11. The minimum absolute atomic E-state index is 0.0412. The third-order valence-corrected chi connectivity index (χ3v) is 2.38. The van der Waals surface area contributed by atoms with Crippen molar-refractivity contribution < 1.29 is 14.3 Å². The van der Waals surface area contributed by atoms with Crippen molar-refractivity contribution in [1.82, 2.24) is 4.90 Å². The Kier molecular flexibility index (Phi) is 4.69. The summed E-state index contributed by atoms with van der Waals surface area (Å²) in [6.07, 6.45) is -0.0412. The van der Waals surface area contributed by atoms with E-state index in [9.17, 15) is 9.59 Å². The molecule has 0 bridgehead atoms. The van der Waals surface area contributed by atoms with Crippen LogP contribution in [0.2, 0.25) is 0 Å². The lowest BCUT2D eigenvalue weighted by Gasteiger charge is -2.16. The first-order chi connectivity index (χ1) is 8.02. The van der Waals surface area contributed by atoms with Crippen LogP contribution in [0.3, 0.4) is 0 Å². The first-order valence-electron chi connectivity index (χ1n) is 5.39. The van der Waals surface area contributed by atoms with Gasteiger partial charge in [0.2, 0.25) is 5.91 Å². The third kappa shape index (κ3) is 4.26. The molecule has 0 unspecified atom stereocenters. The number of ether oxygens (including phenoxy) is 1. The van der Waals surface area contributed by atoms with Crippen molar-refractivity contribution in [1.29, 1.82) is 0 Å². The van der Waals surface area contributed by atoms with Crippen LogP contribution in [-0.4, -0.2) is 30.7 Å². The number of ketones is 1. The van der Waals surface area contributed by atoms with E-state index in [0.29, 0.717) is 6.54 Å². The van der Waals surface area contributed by atoms with E-state index in [4.69, 9.17) is 4.74 Å². The van der Waals surface area contributed by atoms with Crippen LogP contribution < -0.4 is 4.74 Å². The summed E-state index contributed by atoms with van der Waals surface area (Å²) >= 11 is 0. The highest BCUT2D eigenvalue weighted by Crippen LogP contribution is 2.14. The molecule has 0 N–H and O–H groups in total. The minimum Gasteiger partial charge on any atom is -0.497 e. The number of benzene rings is 1. The van der Waals surface area contributed by atoms with Crippen LogP contribution in [0.15, 0.2) is 24.3 Å². The molecule has 4 heteroatoms. The van der Waals surface area contributed by atoms with Gasteiger partial charge in [-0.25, -0.2) is 0 Å². The van der Waals surface area contributed by atoms with Crippen molar-refractivity contribution in [2.24, 2.45) is 0 Å². The number of Topliss-reactive ketones (excluding diaryl/α,β-unsaturated/α-hetero) is 1. The maximum Gasteiger partial charge on any atom is 0.230 e. The molecule has 0 aliphatic carbocycles. The van der Waals surface area contributed by atoms with Gasteiger partial charge in [0.25, 0.3) is 0 Å². The van der Waals surface area contributed by atoms with Gasteiger partial charge in [-0.15, -0.1) is 0 Å².